The minimum absolute atomic E-state index is 0.0720. The fourth-order valence-electron chi connectivity index (χ4n) is 2.97. The van der Waals surface area contributed by atoms with Crippen molar-refractivity contribution in [2.24, 2.45) is 0 Å². The SMILES string of the molecule is Cc1ccc(C)c(C(=O)N2CCCc3c(N)cccc32)c1. The number of amides is 1. The number of hydrogen-bond donors (Lipinski definition) is 1. The third-order valence-electron chi connectivity index (χ3n) is 4.16. The minimum Gasteiger partial charge on any atom is -0.398 e. The van der Waals surface area contributed by atoms with Gasteiger partial charge in [-0.2, -0.15) is 0 Å². The van der Waals surface area contributed by atoms with E-state index in [0.717, 1.165) is 53.0 Å². The van der Waals surface area contributed by atoms with Gasteiger partial charge in [0.25, 0.3) is 5.91 Å². The van der Waals surface area contributed by atoms with Gasteiger partial charge in [-0.3, -0.25) is 4.79 Å². The van der Waals surface area contributed by atoms with Gasteiger partial charge in [0.05, 0.1) is 0 Å². The van der Waals surface area contributed by atoms with Crippen molar-refractivity contribution in [1.29, 1.82) is 0 Å². The minimum atomic E-state index is 0.0720. The van der Waals surface area contributed by atoms with Crippen molar-refractivity contribution < 1.29 is 4.79 Å². The second-order valence-corrected chi connectivity index (χ2v) is 5.72. The van der Waals surface area contributed by atoms with Crippen LogP contribution in [0.1, 0.15) is 33.5 Å². The second-order valence-electron chi connectivity index (χ2n) is 5.72. The van der Waals surface area contributed by atoms with Crippen molar-refractivity contribution in [2.45, 2.75) is 26.7 Å². The lowest BCUT2D eigenvalue weighted by atomic mass is 9.98. The lowest BCUT2D eigenvalue weighted by Gasteiger charge is -2.30. The first-order valence-corrected chi connectivity index (χ1v) is 7.34. The van der Waals surface area contributed by atoms with Crippen molar-refractivity contribution in [2.75, 3.05) is 17.2 Å². The van der Waals surface area contributed by atoms with Gasteiger partial charge in [-0.15, -0.1) is 0 Å². The highest BCUT2D eigenvalue weighted by molar-refractivity contribution is 6.08. The van der Waals surface area contributed by atoms with Crippen molar-refractivity contribution in [3.63, 3.8) is 0 Å². The third kappa shape index (κ3) is 2.40. The van der Waals surface area contributed by atoms with Crippen LogP contribution in [0.5, 0.6) is 0 Å². The van der Waals surface area contributed by atoms with Crippen LogP contribution in [-0.2, 0) is 6.42 Å². The maximum atomic E-state index is 12.9. The standard InChI is InChI=1S/C18H20N2O/c1-12-8-9-13(2)15(11-12)18(21)20-10-4-5-14-16(19)6-3-7-17(14)20/h3,6-9,11H,4-5,10,19H2,1-2H3. The highest BCUT2D eigenvalue weighted by Crippen LogP contribution is 2.32. The molecule has 0 saturated carbocycles. The van der Waals surface area contributed by atoms with Crippen LogP contribution in [0.3, 0.4) is 0 Å². The van der Waals surface area contributed by atoms with Crippen LogP contribution in [0.15, 0.2) is 36.4 Å². The number of benzene rings is 2. The highest BCUT2D eigenvalue weighted by Gasteiger charge is 2.25. The summed E-state index contributed by atoms with van der Waals surface area (Å²) in [5.74, 6) is 0.0720. The third-order valence-corrected chi connectivity index (χ3v) is 4.16. The van der Waals surface area contributed by atoms with Crippen LogP contribution in [0.25, 0.3) is 0 Å². The van der Waals surface area contributed by atoms with E-state index in [1.54, 1.807) is 0 Å². The number of rotatable bonds is 1. The van der Waals surface area contributed by atoms with E-state index in [0.29, 0.717) is 0 Å². The zero-order valence-corrected chi connectivity index (χ0v) is 12.5. The smallest absolute Gasteiger partial charge is 0.258 e. The molecule has 0 radical (unpaired) electrons. The van der Waals surface area contributed by atoms with Gasteiger partial charge in [-0.05, 0) is 56.0 Å². The Morgan fingerprint density at radius 1 is 1.19 bits per heavy atom. The summed E-state index contributed by atoms with van der Waals surface area (Å²) in [4.78, 5) is 14.8. The Morgan fingerprint density at radius 3 is 2.81 bits per heavy atom. The molecule has 2 aromatic rings. The first-order valence-electron chi connectivity index (χ1n) is 7.34. The molecule has 1 aliphatic rings. The summed E-state index contributed by atoms with van der Waals surface area (Å²) in [6.07, 6.45) is 1.90. The number of nitrogens with zero attached hydrogens (tertiary/aromatic N) is 1. The maximum absolute atomic E-state index is 12.9. The Kier molecular flexibility index (Phi) is 3.42. The number of nitrogens with two attached hydrogens (primary N) is 1. The van der Waals surface area contributed by atoms with Crippen molar-refractivity contribution >= 4 is 17.3 Å². The summed E-state index contributed by atoms with van der Waals surface area (Å²) in [6.45, 7) is 4.75. The van der Waals surface area contributed by atoms with Gasteiger partial charge in [-0.25, -0.2) is 0 Å². The van der Waals surface area contributed by atoms with Crippen LogP contribution in [0, 0.1) is 13.8 Å². The van der Waals surface area contributed by atoms with Gasteiger partial charge in [0.15, 0.2) is 0 Å². The zero-order valence-electron chi connectivity index (χ0n) is 12.5. The van der Waals surface area contributed by atoms with Gasteiger partial charge in [0.1, 0.15) is 0 Å². The number of carbonyl (C=O) groups is 1. The summed E-state index contributed by atoms with van der Waals surface area (Å²) >= 11 is 0. The number of carbonyl (C=O) groups excluding carboxylic acids is 1. The normalized spacial score (nSPS) is 13.9. The molecule has 0 saturated heterocycles. The number of nitrogen functional groups attached to an aromatic ring is 1. The molecular formula is C18H20N2O. The molecule has 0 atom stereocenters. The predicted molar refractivity (Wildman–Crippen MR) is 86.8 cm³/mol. The lowest BCUT2D eigenvalue weighted by molar-refractivity contribution is 0.0984. The molecule has 108 valence electrons. The molecule has 3 rings (SSSR count). The molecule has 0 unspecified atom stereocenters. The van der Waals surface area contributed by atoms with Crippen molar-refractivity contribution in [3.05, 3.63) is 58.7 Å². The molecule has 0 aliphatic carbocycles. The Morgan fingerprint density at radius 2 is 2.00 bits per heavy atom. The molecule has 0 spiro atoms. The van der Waals surface area contributed by atoms with Crippen LogP contribution < -0.4 is 10.6 Å². The Bertz CT molecular complexity index is 706. The predicted octanol–water partition coefficient (Wildman–Crippen LogP) is 3.48. The van der Waals surface area contributed by atoms with E-state index in [2.05, 4.69) is 0 Å². The van der Waals surface area contributed by atoms with E-state index in [1.165, 1.54) is 0 Å². The summed E-state index contributed by atoms with van der Waals surface area (Å²) in [5.41, 5.74) is 11.8. The van der Waals surface area contributed by atoms with E-state index in [-0.39, 0.29) is 5.91 Å². The monoisotopic (exact) mass is 280 g/mol. The topological polar surface area (TPSA) is 46.3 Å². The zero-order chi connectivity index (χ0) is 15.0. The Labute approximate surface area is 125 Å². The fourth-order valence-corrected chi connectivity index (χ4v) is 2.97. The molecule has 0 fully saturated rings. The van der Waals surface area contributed by atoms with Crippen LogP contribution >= 0.6 is 0 Å². The molecule has 1 aliphatic heterocycles. The average molecular weight is 280 g/mol. The van der Waals surface area contributed by atoms with E-state index >= 15 is 0 Å². The Hall–Kier alpha value is -2.29. The van der Waals surface area contributed by atoms with Crippen molar-refractivity contribution in [3.8, 4) is 0 Å². The molecule has 0 bridgehead atoms. The number of aryl methyl sites for hydroxylation is 2. The molecule has 2 N–H and O–H groups in total. The summed E-state index contributed by atoms with van der Waals surface area (Å²) in [7, 11) is 0. The largest absolute Gasteiger partial charge is 0.398 e. The van der Waals surface area contributed by atoms with E-state index in [9.17, 15) is 4.79 Å². The maximum Gasteiger partial charge on any atom is 0.258 e. The quantitative estimate of drug-likeness (QED) is 0.813. The first kappa shape index (κ1) is 13.7. The van der Waals surface area contributed by atoms with E-state index in [4.69, 9.17) is 5.73 Å². The van der Waals surface area contributed by atoms with Crippen molar-refractivity contribution in [1.82, 2.24) is 0 Å². The van der Waals surface area contributed by atoms with Gasteiger partial charge in [0.2, 0.25) is 0 Å². The molecule has 3 nitrogen and oxygen atoms in total. The number of anilines is 2. The summed E-state index contributed by atoms with van der Waals surface area (Å²) in [5, 5.41) is 0. The van der Waals surface area contributed by atoms with E-state index in [1.807, 2.05) is 55.1 Å². The lowest BCUT2D eigenvalue weighted by Crippen LogP contribution is -2.36. The molecule has 1 heterocycles. The number of hydrogen-bond acceptors (Lipinski definition) is 2. The van der Waals surface area contributed by atoms with Gasteiger partial charge < -0.3 is 10.6 Å². The molecule has 2 aromatic carbocycles. The number of fused-ring (bicyclic) bond motifs is 1. The Balaban J connectivity index is 2.04. The molecule has 0 aromatic heterocycles. The highest BCUT2D eigenvalue weighted by atomic mass is 16.2. The second kappa shape index (κ2) is 5.24. The van der Waals surface area contributed by atoms with E-state index < -0.39 is 0 Å². The molecule has 21 heavy (non-hydrogen) atoms. The molecule has 3 heteroatoms. The summed E-state index contributed by atoms with van der Waals surface area (Å²) < 4.78 is 0. The average Bonchev–Trinajstić information content (AvgIpc) is 2.49. The van der Waals surface area contributed by atoms with Crippen LogP contribution in [-0.4, -0.2) is 12.5 Å². The molecular weight excluding hydrogens is 260 g/mol. The molecule has 1 amide bonds. The first-order chi connectivity index (χ1) is 10.1. The van der Waals surface area contributed by atoms with Crippen LogP contribution in [0.4, 0.5) is 11.4 Å². The fraction of sp³-hybridized carbons (Fsp3) is 0.278. The van der Waals surface area contributed by atoms with Gasteiger partial charge in [-0.1, -0.05) is 23.8 Å². The van der Waals surface area contributed by atoms with Gasteiger partial charge >= 0.3 is 0 Å². The van der Waals surface area contributed by atoms with Gasteiger partial charge in [0, 0.05) is 23.5 Å². The van der Waals surface area contributed by atoms with Crippen LogP contribution in [0.2, 0.25) is 0 Å². The summed E-state index contributed by atoms with van der Waals surface area (Å²) in [6, 6.07) is 11.8.